The molecule has 3 aliphatic carbocycles. The second-order valence-electron chi connectivity index (χ2n) is 10.2. The number of hydrogen-bond acceptors (Lipinski definition) is 10. The Bertz CT molecular complexity index is 1590. The number of phenolic OH excluding ortho intramolecular Hbond substituents is 1. The molecule has 1 amide bonds. The van der Waals surface area contributed by atoms with Gasteiger partial charge >= 0.3 is 5.97 Å². The normalized spacial score (nSPS) is 27.8. The largest absolute Gasteiger partial charge is 0.508 e. The number of hydrogen-bond donors (Lipinski definition) is 7. The van der Waals surface area contributed by atoms with Crippen molar-refractivity contribution in [1.82, 2.24) is 4.90 Å². The summed E-state index contributed by atoms with van der Waals surface area (Å²) in [5.74, 6) is -10.5. The van der Waals surface area contributed by atoms with Crippen molar-refractivity contribution >= 4 is 29.2 Å². The third-order valence-corrected chi connectivity index (χ3v) is 7.88. The van der Waals surface area contributed by atoms with E-state index in [0.29, 0.717) is 11.1 Å². The number of ketones is 2. The molecule has 2 aromatic rings. The van der Waals surface area contributed by atoms with Crippen LogP contribution >= 0.6 is 0 Å². The summed E-state index contributed by atoms with van der Waals surface area (Å²) in [5, 5.41) is 65.6. The number of nitrogens with two attached hydrogens (primary N) is 1. The van der Waals surface area contributed by atoms with Crippen molar-refractivity contribution in [2.24, 2.45) is 17.6 Å². The van der Waals surface area contributed by atoms with Gasteiger partial charge in [0.1, 0.15) is 22.8 Å². The smallest absolute Gasteiger partial charge is 0.335 e. The zero-order valence-corrected chi connectivity index (χ0v) is 21.2. The number of Topliss-reactive ketones (excluding diaryl/α,β-unsaturated/α-hetero) is 2. The average molecular weight is 550 g/mol. The molecule has 0 heterocycles. The van der Waals surface area contributed by atoms with Crippen LogP contribution in [-0.2, 0) is 14.4 Å². The molecule has 12 heteroatoms. The van der Waals surface area contributed by atoms with E-state index in [1.807, 2.05) is 0 Å². The van der Waals surface area contributed by atoms with Gasteiger partial charge in [-0.15, -0.1) is 0 Å². The number of rotatable bonds is 4. The van der Waals surface area contributed by atoms with Gasteiger partial charge in [0.05, 0.1) is 29.2 Å². The molecule has 0 aliphatic heterocycles. The molecule has 8 N–H and O–H groups in total. The van der Waals surface area contributed by atoms with Crippen LogP contribution in [0.25, 0.3) is 16.9 Å². The molecule has 0 aromatic heterocycles. The van der Waals surface area contributed by atoms with E-state index in [4.69, 9.17) is 5.73 Å². The summed E-state index contributed by atoms with van der Waals surface area (Å²) in [7, 11) is 2.82. The SMILES string of the molecule is CN(C)[C@@H]1C(=O)C(C(N)=O)=C(O)[C@@]2(O)C(=O)C3=C(O)c4c(O)ccc(-c5cccc(C(=O)O)c5)c4[CH][C@H]3[C@H](O)[C@@H]12. The molecule has 1 fully saturated rings. The Hall–Kier alpha value is -4.52. The summed E-state index contributed by atoms with van der Waals surface area (Å²) in [6, 6.07) is 7.06. The first-order chi connectivity index (χ1) is 18.7. The Morgan fingerprint density at radius 3 is 2.33 bits per heavy atom. The predicted octanol–water partition coefficient (Wildman–Crippen LogP) is 0.310. The van der Waals surface area contributed by atoms with E-state index in [-0.39, 0.29) is 16.7 Å². The van der Waals surface area contributed by atoms with Crippen LogP contribution in [0, 0.1) is 18.3 Å². The lowest BCUT2D eigenvalue weighted by molar-refractivity contribution is -0.167. The fraction of sp³-hybridized carbons (Fsp3) is 0.250. The topological polar surface area (TPSA) is 219 Å². The van der Waals surface area contributed by atoms with Crippen LogP contribution in [0.3, 0.4) is 0 Å². The number of nitrogens with zero attached hydrogens (tertiary/aromatic N) is 1. The Morgan fingerprint density at radius 1 is 1.05 bits per heavy atom. The number of primary amides is 1. The number of phenols is 1. The molecule has 1 saturated carbocycles. The molecule has 40 heavy (non-hydrogen) atoms. The maximum atomic E-state index is 13.9. The van der Waals surface area contributed by atoms with Crippen molar-refractivity contribution in [3.05, 3.63) is 76.4 Å². The van der Waals surface area contributed by atoms with Gasteiger partial charge in [0.25, 0.3) is 5.91 Å². The number of carboxylic acid groups (broad SMARTS) is 1. The maximum absolute atomic E-state index is 13.9. The number of aromatic hydroxyl groups is 1. The molecule has 1 radical (unpaired) electrons. The van der Waals surface area contributed by atoms with E-state index in [0.717, 1.165) is 0 Å². The van der Waals surface area contributed by atoms with Crippen molar-refractivity contribution < 1.29 is 49.8 Å². The maximum Gasteiger partial charge on any atom is 0.335 e. The zero-order chi connectivity index (χ0) is 29.4. The van der Waals surface area contributed by atoms with E-state index >= 15 is 0 Å². The molecular weight excluding hydrogens is 524 g/mol. The highest BCUT2D eigenvalue weighted by Crippen LogP contribution is 2.54. The van der Waals surface area contributed by atoms with Crippen molar-refractivity contribution in [1.29, 1.82) is 0 Å². The minimum Gasteiger partial charge on any atom is -0.508 e. The van der Waals surface area contributed by atoms with Gasteiger partial charge in [0.15, 0.2) is 11.4 Å². The monoisotopic (exact) mass is 549 g/mol. The van der Waals surface area contributed by atoms with Crippen LogP contribution in [-0.4, -0.2) is 90.8 Å². The molecule has 207 valence electrons. The molecule has 3 aliphatic rings. The fourth-order valence-electron chi connectivity index (χ4n) is 6.11. The third kappa shape index (κ3) is 3.50. The Morgan fingerprint density at radius 2 is 1.73 bits per heavy atom. The number of aromatic carboxylic acids is 1. The molecule has 5 rings (SSSR count). The number of carbonyl (C=O) groups excluding carboxylic acids is 3. The Labute approximate surface area is 226 Å². The summed E-state index contributed by atoms with van der Waals surface area (Å²) >= 11 is 0. The average Bonchev–Trinajstić information content (AvgIpc) is 2.88. The van der Waals surface area contributed by atoms with Gasteiger partial charge in [-0.3, -0.25) is 19.3 Å². The van der Waals surface area contributed by atoms with Crippen LogP contribution in [0.2, 0.25) is 0 Å². The first-order valence-electron chi connectivity index (χ1n) is 12.1. The molecular formula is C28H25N2O10. The first-order valence-corrected chi connectivity index (χ1v) is 12.1. The second kappa shape index (κ2) is 9.01. The second-order valence-corrected chi connectivity index (χ2v) is 10.2. The van der Waals surface area contributed by atoms with E-state index < -0.39 is 81.4 Å². The van der Waals surface area contributed by atoms with E-state index in [2.05, 4.69) is 0 Å². The molecule has 0 unspecified atom stereocenters. The van der Waals surface area contributed by atoms with Crippen molar-refractivity contribution in [2.75, 3.05) is 14.1 Å². The van der Waals surface area contributed by atoms with Crippen LogP contribution in [0.4, 0.5) is 0 Å². The number of likely N-dealkylation sites (N-methyl/N-ethyl adjacent to an activating group) is 1. The standard InChI is InChI=1S/C28H25N2O10/c1-30(2)20-19-21(32)14-9-13-12(10-4-3-5-11(8-10)27(38)39)6-7-15(31)16(13)22(33)17(14)24(35)28(19,40)25(36)18(23(20)34)26(29)37/h3-9,14,19-21,31-33,36,40H,1-2H3,(H2,29,37)(H,38,39)/t14-,19-,20+,21+,28+/m1/s1. The summed E-state index contributed by atoms with van der Waals surface area (Å²) < 4.78 is 0. The van der Waals surface area contributed by atoms with Crippen LogP contribution in [0.15, 0.2) is 53.3 Å². The molecule has 5 atom stereocenters. The highest BCUT2D eigenvalue weighted by Gasteiger charge is 2.67. The number of aliphatic hydroxyl groups is 4. The Kier molecular flexibility index (Phi) is 6.10. The van der Waals surface area contributed by atoms with E-state index in [1.54, 1.807) is 6.07 Å². The van der Waals surface area contributed by atoms with Crippen molar-refractivity contribution in [3.8, 4) is 16.9 Å². The molecule has 0 bridgehead atoms. The van der Waals surface area contributed by atoms with Crippen LogP contribution in [0.5, 0.6) is 5.75 Å². The van der Waals surface area contributed by atoms with Crippen LogP contribution in [0.1, 0.15) is 21.5 Å². The summed E-state index contributed by atoms with van der Waals surface area (Å²) in [5.41, 5.74) is 1.36. The van der Waals surface area contributed by atoms with Gasteiger partial charge in [0, 0.05) is 17.9 Å². The number of benzene rings is 2. The molecule has 2 aromatic carbocycles. The Balaban J connectivity index is 1.77. The van der Waals surface area contributed by atoms with E-state index in [9.17, 15) is 49.8 Å². The number of carboxylic acids is 1. The minimum atomic E-state index is -3.01. The zero-order valence-electron chi connectivity index (χ0n) is 21.2. The molecule has 12 nitrogen and oxygen atoms in total. The lowest BCUT2D eigenvalue weighted by Crippen LogP contribution is -2.70. The van der Waals surface area contributed by atoms with Gasteiger partial charge in [-0.1, -0.05) is 18.2 Å². The first kappa shape index (κ1) is 27.1. The summed E-state index contributed by atoms with van der Waals surface area (Å²) in [4.78, 5) is 52.0. The summed E-state index contributed by atoms with van der Waals surface area (Å²) in [6.07, 6.45) is -0.405. The predicted molar refractivity (Wildman–Crippen MR) is 138 cm³/mol. The number of carbonyl (C=O) groups is 4. The van der Waals surface area contributed by atoms with Gasteiger partial charge in [-0.05, 0) is 49.0 Å². The van der Waals surface area contributed by atoms with Gasteiger partial charge in [-0.2, -0.15) is 0 Å². The molecule has 0 saturated heterocycles. The number of amides is 1. The number of fused-ring (bicyclic) bond motifs is 3. The highest BCUT2D eigenvalue weighted by atomic mass is 16.4. The highest BCUT2D eigenvalue weighted by molar-refractivity contribution is 6.24. The summed E-state index contributed by atoms with van der Waals surface area (Å²) in [6.45, 7) is 0. The third-order valence-electron chi connectivity index (χ3n) is 7.88. The van der Waals surface area contributed by atoms with Crippen molar-refractivity contribution in [2.45, 2.75) is 17.7 Å². The quantitative estimate of drug-likeness (QED) is 0.257. The van der Waals surface area contributed by atoms with Gasteiger partial charge < -0.3 is 36.4 Å². The fourth-order valence-corrected chi connectivity index (χ4v) is 6.11. The van der Waals surface area contributed by atoms with Crippen molar-refractivity contribution in [3.63, 3.8) is 0 Å². The molecule has 0 spiro atoms. The van der Waals surface area contributed by atoms with Crippen LogP contribution < -0.4 is 5.73 Å². The van der Waals surface area contributed by atoms with E-state index in [1.165, 1.54) is 55.7 Å². The minimum absolute atomic E-state index is 0.0319. The lowest BCUT2D eigenvalue weighted by atomic mass is 9.56. The lowest BCUT2D eigenvalue weighted by Gasteiger charge is -2.52. The van der Waals surface area contributed by atoms with Gasteiger partial charge in [0.2, 0.25) is 5.78 Å². The van der Waals surface area contributed by atoms with Gasteiger partial charge in [-0.25, -0.2) is 4.79 Å². The number of aliphatic hydroxyl groups excluding tert-OH is 3.